The van der Waals surface area contributed by atoms with Crippen LogP contribution in [0.2, 0.25) is 0 Å². The van der Waals surface area contributed by atoms with Crippen LogP contribution in [0.1, 0.15) is 56.9 Å². The maximum atomic E-state index is 10.3. The molecule has 0 amide bonds. The largest absolute Gasteiger partial charge is 0.303 e. The highest BCUT2D eigenvalue weighted by Crippen LogP contribution is 2.36. The number of hydrogen-bond acceptors (Lipinski definition) is 1. The molecule has 0 saturated carbocycles. The van der Waals surface area contributed by atoms with E-state index in [1.165, 1.54) is 82.8 Å². The summed E-state index contributed by atoms with van der Waals surface area (Å²) in [5.74, 6) is 0. The second-order valence-corrected chi connectivity index (χ2v) is 7.76. The number of aryl methyl sites for hydroxylation is 1. The Labute approximate surface area is 161 Å². The zero-order valence-corrected chi connectivity index (χ0v) is 16.0. The Bertz CT molecular complexity index is 1010. The van der Waals surface area contributed by atoms with E-state index in [0.717, 1.165) is 19.1 Å². The third kappa shape index (κ3) is 3.83. The number of hydrogen-bond donors (Lipinski definition) is 0. The summed E-state index contributed by atoms with van der Waals surface area (Å²) in [6.07, 6.45) is 11.6. The smallest absolute Gasteiger partial charge is 0.119 e. The third-order valence-corrected chi connectivity index (χ3v) is 5.89. The summed E-state index contributed by atoms with van der Waals surface area (Å²) in [5.41, 5.74) is 1.49. The Balaban J connectivity index is 1.43. The summed E-state index contributed by atoms with van der Waals surface area (Å²) in [6.45, 7) is 0. The first-order chi connectivity index (χ1) is 13.4. The number of carbonyl (C=O) groups excluding carboxylic acids is 1. The molecule has 0 aromatic heterocycles. The summed E-state index contributed by atoms with van der Waals surface area (Å²) < 4.78 is 0. The standard InChI is InChI=1S/C26H28O/c27-19-8-6-4-2-1-3-5-7-10-20-13-14-23-16-15-21-11-9-12-22-17-18-24(20)26(23)25(21)22/h9,11-19H,1-8,10H2. The topological polar surface area (TPSA) is 17.1 Å². The molecule has 0 heterocycles. The lowest BCUT2D eigenvalue weighted by molar-refractivity contribution is -0.107. The van der Waals surface area contributed by atoms with E-state index < -0.39 is 0 Å². The quantitative estimate of drug-likeness (QED) is 0.164. The van der Waals surface area contributed by atoms with E-state index in [1.807, 2.05) is 0 Å². The van der Waals surface area contributed by atoms with Crippen molar-refractivity contribution in [1.29, 1.82) is 0 Å². The van der Waals surface area contributed by atoms with Crippen LogP contribution in [0.3, 0.4) is 0 Å². The Hall–Kier alpha value is -2.41. The predicted octanol–water partition coefficient (Wildman–Crippen LogP) is 7.45. The van der Waals surface area contributed by atoms with Gasteiger partial charge in [0.1, 0.15) is 6.29 Å². The zero-order valence-electron chi connectivity index (χ0n) is 16.0. The number of benzene rings is 4. The summed E-state index contributed by atoms with van der Waals surface area (Å²) >= 11 is 0. The monoisotopic (exact) mass is 356 g/mol. The van der Waals surface area contributed by atoms with Gasteiger partial charge in [-0.25, -0.2) is 0 Å². The Morgan fingerprint density at radius 2 is 1.19 bits per heavy atom. The molecule has 0 fully saturated rings. The minimum Gasteiger partial charge on any atom is -0.303 e. The summed E-state index contributed by atoms with van der Waals surface area (Å²) in [4.78, 5) is 10.3. The van der Waals surface area contributed by atoms with Crippen LogP contribution in [-0.2, 0) is 11.2 Å². The Morgan fingerprint density at radius 1 is 0.593 bits per heavy atom. The van der Waals surface area contributed by atoms with Gasteiger partial charge < -0.3 is 4.79 Å². The Morgan fingerprint density at radius 3 is 1.93 bits per heavy atom. The highest BCUT2D eigenvalue weighted by Gasteiger charge is 2.10. The van der Waals surface area contributed by atoms with Gasteiger partial charge in [-0.3, -0.25) is 0 Å². The lowest BCUT2D eigenvalue weighted by Crippen LogP contribution is -1.91. The van der Waals surface area contributed by atoms with Gasteiger partial charge in [0.05, 0.1) is 0 Å². The average Bonchev–Trinajstić information content (AvgIpc) is 2.71. The lowest BCUT2D eigenvalue weighted by atomic mass is 9.90. The zero-order chi connectivity index (χ0) is 18.5. The van der Waals surface area contributed by atoms with Crippen LogP contribution in [-0.4, -0.2) is 6.29 Å². The minimum absolute atomic E-state index is 0.731. The molecular weight excluding hydrogens is 328 g/mol. The molecule has 0 saturated heterocycles. The highest BCUT2D eigenvalue weighted by atomic mass is 16.1. The molecule has 0 N–H and O–H groups in total. The van der Waals surface area contributed by atoms with Crippen LogP contribution in [0.5, 0.6) is 0 Å². The molecule has 0 bridgehead atoms. The van der Waals surface area contributed by atoms with Crippen molar-refractivity contribution < 1.29 is 4.79 Å². The number of aldehydes is 1. The van der Waals surface area contributed by atoms with Gasteiger partial charge in [-0.2, -0.15) is 0 Å². The van der Waals surface area contributed by atoms with Crippen molar-refractivity contribution in [2.45, 2.75) is 57.8 Å². The van der Waals surface area contributed by atoms with Crippen LogP contribution in [0.25, 0.3) is 32.3 Å². The molecule has 0 radical (unpaired) electrons. The van der Waals surface area contributed by atoms with Gasteiger partial charge in [0.2, 0.25) is 0 Å². The van der Waals surface area contributed by atoms with Crippen molar-refractivity contribution in [2.75, 3.05) is 0 Å². The maximum Gasteiger partial charge on any atom is 0.119 e. The van der Waals surface area contributed by atoms with Gasteiger partial charge in [0.15, 0.2) is 0 Å². The fourth-order valence-corrected chi connectivity index (χ4v) is 4.44. The van der Waals surface area contributed by atoms with E-state index in [2.05, 4.69) is 54.6 Å². The fraction of sp³-hybridized carbons (Fsp3) is 0.346. The number of carbonyl (C=O) groups is 1. The summed E-state index contributed by atoms with van der Waals surface area (Å²) in [5, 5.41) is 8.34. The van der Waals surface area contributed by atoms with Gasteiger partial charge in [-0.05, 0) is 57.1 Å². The first-order valence-corrected chi connectivity index (χ1v) is 10.5. The van der Waals surface area contributed by atoms with Crippen LogP contribution in [0.15, 0.2) is 54.6 Å². The maximum absolute atomic E-state index is 10.3. The molecule has 0 unspecified atom stereocenters. The third-order valence-electron chi connectivity index (χ3n) is 5.89. The minimum atomic E-state index is 0.731. The van der Waals surface area contributed by atoms with Crippen molar-refractivity contribution in [3.8, 4) is 0 Å². The summed E-state index contributed by atoms with van der Waals surface area (Å²) in [6, 6.07) is 20.4. The van der Waals surface area contributed by atoms with Crippen LogP contribution in [0.4, 0.5) is 0 Å². The molecular formula is C26H28O. The highest BCUT2D eigenvalue weighted by molar-refractivity contribution is 6.23. The van der Waals surface area contributed by atoms with Crippen molar-refractivity contribution in [3.63, 3.8) is 0 Å². The molecule has 1 nitrogen and oxygen atoms in total. The average molecular weight is 357 g/mol. The van der Waals surface area contributed by atoms with Crippen molar-refractivity contribution in [2.24, 2.45) is 0 Å². The van der Waals surface area contributed by atoms with Crippen molar-refractivity contribution in [3.05, 3.63) is 60.2 Å². The van der Waals surface area contributed by atoms with Gasteiger partial charge in [-0.15, -0.1) is 0 Å². The number of unbranched alkanes of at least 4 members (excludes halogenated alkanes) is 7. The first kappa shape index (κ1) is 18.0. The van der Waals surface area contributed by atoms with E-state index in [1.54, 1.807) is 0 Å². The van der Waals surface area contributed by atoms with Gasteiger partial charge in [-0.1, -0.05) is 86.7 Å². The fourth-order valence-electron chi connectivity index (χ4n) is 4.44. The van der Waals surface area contributed by atoms with Crippen molar-refractivity contribution >= 4 is 38.6 Å². The molecule has 0 aliphatic heterocycles. The van der Waals surface area contributed by atoms with Crippen molar-refractivity contribution in [1.82, 2.24) is 0 Å². The molecule has 4 aromatic rings. The van der Waals surface area contributed by atoms with E-state index in [9.17, 15) is 4.79 Å². The molecule has 27 heavy (non-hydrogen) atoms. The van der Waals surface area contributed by atoms with Crippen LogP contribution in [0, 0.1) is 0 Å². The van der Waals surface area contributed by atoms with Gasteiger partial charge >= 0.3 is 0 Å². The summed E-state index contributed by atoms with van der Waals surface area (Å²) in [7, 11) is 0. The normalized spacial score (nSPS) is 11.7. The van der Waals surface area contributed by atoms with Gasteiger partial charge in [0, 0.05) is 6.42 Å². The second-order valence-electron chi connectivity index (χ2n) is 7.76. The van der Waals surface area contributed by atoms with E-state index in [-0.39, 0.29) is 0 Å². The molecule has 0 atom stereocenters. The molecule has 4 aromatic carbocycles. The molecule has 0 aliphatic rings. The van der Waals surface area contributed by atoms with E-state index in [4.69, 9.17) is 0 Å². The van der Waals surface area contributed by atoms with E-state index >= 15 is 0 Å². The van der Waals surface area contributed by atoms with Crippen LogP contribution < -0.4 is 0 Å². The Kier molecular flexibility index (Phi) is 5.67. The molecule has 0 spiro atoms. The first-order valence-electron chi connectivity index (χ1n) is 10.5. The predicted molar refractivity (Wildman–Crippen MR) is 117 cm³/mol. The SMILES string of the molecule is O=CCCCCCCCCCc1ccc2ccc3cccc4ccc1c2c34. The number of rotatable bonds is 10. The van der Waals surface area contributed by atoms with E-state index in [0.29, 0.717) is 0 Å². The molecule has 0 aliphatic carbocycles. The van der Waals surface area contributed by atoms with Gasteiger partial charge in [0.25, 0.3) is 0 Å². The lowest BCUT2D eigenvalue weighted by Gasteiger charge is -2.14. The molecule has 1 heteroatoms. The molecule has 4 rings (SSSR count). The van der Waals surface area contributed by atoms with Crippen LogP contribution >= 0.6 is 0 Å². The molecule has 138 valence electrons. The second kappa shape index (κ2) is 8.52.